The van der Waals surface area contributed by atoms with E-state index in [0.717, 1.165) is 18.0 Å². The molecule has 2 rings (SSSR count). The summed E-state index contributed by atoms with van der Waals surface area (Å²) in [5, 5.41) is 3.49. The molecule has 0 saturated heterocycles. The van der Waals surface area contributed by atoms with Crippen molar-refractivity contribution in [3.63, 3.8) is 0 Å². The number of nitrogens with one attached hydrogen (secondary N) is 1. The van der Waals surface area contributed by atoms with Gasteiger partial charge in [-0.3, -0.25) is 0 Å². The van der Waals surface area contributed by atoms with Gasteiger partial charge in [0.2, 0.25) is 0 Å². The highest BCUT2D eigenvalue weighted by Crippen LogP contribution is 2.26. The molecule has 1 N–H and O–H groups in total. The van der Waals surface area contributed by atoms with E-state index in [4.69, 9.17) is 4.74 Å². The monoisotopic (exact) mass is 381 g/mol. The average Bonchev–Trinajstić information content (AvgIpc) is 2.39. The maximum atomic E-state index is 5.99. The van der Waals surface area contributed by atoms with Crippen LogP contribution >= 0.6 is 22.6 Å². The van der Waals surface area contributed by atoms with E-state index in [0.29, 0.717) is 0 Å². The highest BCUT2D eigenvalue weighted by molar-refractivity contribution is 14.1. The van der Waals surface area contributed by atoms with Gasteiger partial charge in [-0.1, -0.05) is 18.2 Å². The fourth-order valence-corrected chi connectivity index (χ4v) is 2.10. The molecular weight excluding hydrogens is 361 g/mol. The van der Waals surface area contributed by atoms with Gasteiger partial charge >= 0.3 is 0 Å². The number of rotatable bonds is 4. The topological polar surface area (TPSA) is 21.3 Å². The molecule has 0 atom stereocenters. The number of ether oxygens (including phenoxy) is 1. The normalized spacial score (nSPS) is 11.4. The van der Waals surface area contributed by atoms with E-state index in [9.17, 15) is 0 Å². The lowest BCUT2D eigenvalue weighted by Crippen LogP contribution is -2.35. The first kappa shape index (κ1) is 15.3. The maximum Gasteiger partial charge on any atom is 0.131 e. The number of hydrogen-bond donors (Lipinski definition) is 1. The molecule has 0 aromatic heterocycles. The van der Waals surface area contributed by atoms with Gasteiger partial charge in [-0.25, -0.2) is 0 Å². The summed E-state index contributed by atoms with van der Waals surface area (Å²) in [7, 11) is 0. The van der Waals surface area contributed by atoms with Crippen LogP contribution in [-0.2, 0) is 6.54 Å². The summed E-state index contributed by atoms with van der Waals surface area (Å²) in [6, 6.07) is 16.2. The van der Waals surface area contributed by atoms with Crippen LogP contribution in [-0.4, -0.2) is 5.54 Å². The standard InChI is InChI=1S/C17H20INO/c1-17(2,3)19-12-13-6-4-5-7-16(13)20-15-10-8-14(18)9-11-15/h4-11,19H,12H2,1-3H3. The SMILES string of the molecule is CC(C)(C)NCc1ccccc1Oc1ccc(I)cc1. The Morgan fingerprint density at radius 3 is 2.30 bits per heavy atom. The molecule has 0 radical (unpaired) electrons. The van der Waals surface area contributed by atoms with Crippen LogP contribution in [0.3, 0.4) is 0 Å². The van der Waals surface area contributed by atoms with Crippen LogP contribution < -0.4 is 10.1 Å². The number of hydrogen-bond acceptors (Lipinski definition) is 2. The van der Waals surface area contributed by atoms with Gasteiger partial charge in [0.15, 0.2) is 0 Å². The molecule has 0 aliphatic rings. The Bertz CT molecular complexity index is 558. The van der Waals surface area contributed by atoms with E-state index in [1.165, 1.54) is 9.13 Å². The summed E-state index contributed by atoms with van der Waals surface area (Å²) in [6.45, 7) is 7.28. The molecule has 2 nitrogen and oxygen atoms in total. The minimum atomic E-state index is 0.0932. The van der Waals surface area contributed by atoms with E-state index in [1.54, 1.807) is 0 Å². The van der Waals surface area contributed by atoms with Gasteiger partial charge in [0, 0.05) is 21.2 Å². The van der Waals surface area contributed by atoms with Gasteiger partial charge < -0.3 is 10.1 Å². The largest absolute Gasteiger partial charge is 0.457 e. The first-order chi connectivity index (χ1) is 9.44. The first-order valence-corrected chi connectivity index (χ1v) is 7.78. The summed E-state index contributed by atoms with van der Waals surface area (Å²) in [4.78, 5) is 0. The third kappa shape index (κ3) is 4.80. The van der Waals surface area contributed by atoms with Crippen LogP contribution in [0.4, 0.5) is 0 Å². The Morgan fingerprint density at radius 2 is 1.65 bits per heavy atom. The van der Waals surface area contributed by atoms with Crippen molar-refractivity contribution in [3.05, 3.63) is 57.7 Å². The maximum absolute atomic E-state index is 5.99. The van der Waals surface area contributed by atoms with Gasteiger partial charge in [-0.15, -0.1) is 0 Å². The van der Waals surface area contributed by atoms with Crippen molar-refractivity contribution in [2.45, 2.75) is 32.9 Å². The van der Waals surface area contributed by atoms with Crippen molar-refractivity contribution in [3.8, 4) is 11.5 Å². The lowest BCUT2D eigenvalue weighted by Gasteiger charge is -2.21. The molecule has 20 heavy (non-hydrogen) atoms. The molecule has 0 unspecified atom stereocenters. The van der Waals surface area contributed by atoms with Gasteiger partial charge in [0.1, 0.15) is 11.5 Å². The van der Waals surface area contributed by atoms with Gasteiger partial charge in [-0.05, 0) is 73.7 Å². The predicted molar refractivity (Wildman–Crippen MR) is 92.3 cm³/mol. The highest BCUT2D eigenvalue weighted by atomic mass is 127. The molecule has 2 aromatic rings. The Kier molecular flexibility index (Phi) is 5.05. The lowest BCUT2D eigenvalue weighted by molar-refractivity contribution is 0.414. The summed E-state index contributed by atoms with van der Waals surface area (Å²) in [5.74, 6) is 1.78. The fourth-order valence-electron chi connectivity index (χ4n) is 1.74. The minimum absolute atomic E-state index is 0.0932. The zero-order valence-electron chi connectivity index (χ0n) is 12.1. The predicted octanol–water partition coefficient (Wildman–Crippen LogP) is 4.97. The van der Waals surface area contributed by atoms with Gasteiger partial charge in [-0.2, -0.15) is 0 Å². The average molecular weight is 381 g/mol. The van der Waals surface area contributed by atoms with Crippen molar-refractivity contribution < 1.29 is 4.74 Å². The Balaban J connectivity index is 2.13. The van der Waals surface area contributed by atoms with Gasteiger partial charge in [0.05, 0.1) is 0 Å². The third-order valence-corrected chi connectivity index (χ3v) is 3.54. The zero-order chi connectivity index (χ0) is 14.6. The highest BCUT2D eigenvalue weighted by Gasteiger charge is 2.11. The van der Waals surface area contributed by atoms with Crippen LogP contribution in [0, 0.1) is 3.57 Å². The number of para-hydroxylation sites is 1. The molecule has 106 valence electrons. The molecule has 0 bridgehead atoms. The quantitative estimate of drug-likeness (QED) is 0.755. The Labute approximate surface area is 134 Å². The van der Waals surface area contributed by atoms with Gasteiger partial charge in [0.25, 0.3) is 0 Å². The van der Waals surface area contributed by atoms with Crippen LogP contribution in [0.5, 0.6) is 11.5 Å². The molecule has 0 fully saturated rings. The molecular formula is C17H20INO. The summed E-state index contributed by atoms with van der Waals surface area (Å²) < 4.78 is 7.19. The Hall–Kier alpha value is -1.07. The van der Waals surface area contributed by atoms with Crippen molar-refractivity contribution in [1.82, 2.24) is 5.32 Å². The smallest absolute Gasteiger partial charge is 0.131 e. The van der Waals surface area contributed by atoms with Crippen LogP contribution in [0.2, 0.25) is 0 Å². The molecule has 3 heteroatoms. The van der Waals surface area contributed by atoms with E-state index in [2.05, 4.69) is 54.7 Å². The minimum Gasteiger partial charge on any atom is -0.457 e. The molecule has 0 heterocycles. The fraction of sp³-hybridized carbons (Fsp3) is 0.294. The molecule has 0 aliphatic carbocycles. The van der Waals surface area contributed by atoms with Crippen molar-refractivity contribution in [1.29, 1.82) is 0 Å². The summed E-state index contributed by atoms with van der Waals surface area (Å²) >= 11 is 2.29. The van der Waals surface area contributed by atoms with E-state index in [1.807, 2.05) is 42.5 Å². The molecule has 0 amide bonds. The lowest BCUT2D eigenvalue weighted by atomic mass is 10.1. The van der Waals surface area contributed by atoms with Crippen LogP contribution in [0.1, 0.15) is 26.3 Å². The van der Waals surface area contributed by atoms with E-state index in [-0.39, 0.29) is 5.54 Å². The summed E-state index contributed by atoms with van der Waals surface area (Å²) in [5.41, 5.74) is 1.26. The van der Waals surface area contributed by atoms with Crippen molar-refractivity contribution in [2.24, 2.45) is 0 Å². The number of halogens is 1. The second-order valence-corrected chi connectivity index (χ2v) is 7.01. The molecule has 0 spiro atoms. The van der Waals surface area contributed by atoms with E-state index >= 15 is 0 Å². The molecule has 2 aromatic carbocycles. The summed E-state index contributed by atoms with van der Waals surface area (Å²) in [6.07, 6.45) is 0. The van der Waals surface area contributed by atoms with Crippen molar-refractivity contribution >= 4 is 22.6 Å². The third-order valence-electron chi connectivity index (χ3n) is 2.82. The zero-order valence-corrected chi connectivity index (χ0v) is 14.3. The second-order valence-electron chi connectivity index (χ2n) is 5.77. The van der Waals surface area contributed by atoms with Crippen LogP contribution in [0.25, 0.3) is 0 Å². The van der Waals surface area contributed by atoms with E-state index < -0.39 is 0 Å². The molecule has 0 saturated carbocycles. The van der Waals surface area contributed by atoms with Crippen LogP contribution in [0.15, 0.2) is 48.5 Å². The second kappa shape index (κ2) is 6.59. The first-order valence-electron chi connectivity index (χ1n) is 6.70. The van der Waals surface area contributed by atoms with Crippen molar-refractivity contribution in [2.75, 3.05) is 0 Å². The number of benzene rings is 2. The Morgan fingerprint density at radius 1 is 1.00 bits per heavy atom. The molecule has 0 aliphatic heterocycles.